The molecule has 118 valence electrons. The second-order valence-electron chi connectivity index (χ2n) is 6.13. The summed E-state index contributed by atoms with van der Waals surface area (Å²) in [5.41, 5.74) is 1.92. The molecule has 1 aliphatic rings. The SMILES string of the molecule is O=CC1CCN(C(=O)c2ccccc2)C(Cc2ccccc2)C1. The molecule has 3 heteroatoms. The lowest BCUT2D eigenvalue weighted by Crippen LogP contribution is -2.47. The van der Waals surface area contributed by atoms with E-state index in [0.717, 1.165) is 31.1 Å². The average Bonchev–Trinajstić information content (AvgIpc) is 2.62. The van der Waals surface area contributed by atoms with Crippen LogP contribution in [0.2, 0.25) is 0 Å². The van der Waals surface area contributed by atoms with E-state index in [-0.39, 0.29) is 17.9 Å². The molecule has 2 atom stereocenters. The van der Waals surface area contributed by atoms with Gasteiger partial charge < -0.3 is 9.69 Å². The van der Waals surface area contributed by atoms with Crippen molar-refractivity contribution in [1.82, 2.24) is 4.90 Å². The lowest BCUT2D eigenvalue weighted by atomic mass is 9.88. The first-order chi connectivity index (χ1) is 11.3. The molecule has 2 unspecified atom stereocenters. The van der Waals surface area contributed by atoms with Crippen molar-refractivity contribution in [2.24, 2.45) is 5.92 Å². The number of rotatable bonds is 4. The second-order valence-corrected chi connectivity index (χ2v) is 6.13. The fraction of sp³-hybridized carbons (Fsp3) is 0.300. The highest BCUT2D eigenvalue weighted by molar-refractivity contribution is 5.94. The summed E-state index contributed by atoms with van der Waals surface area (Å²) in [6, 6.07) is 19.6. The van der Waals surface area contributed by atoms with Crippen LogP contribution in [0.1, 0.15) is 28.8 Å². The van der Waals surface area contributed by atoms with Crippen LogP contribution >= 0.6 is 0 Å². The summed E-state index contributed by atoms with van der Waals surface area (Å²) in [7, 11) is 0. The lowest BCUT2D eigenvalue weighted by molar-refractivity contribution is -0.112. The zero-order valence-electron chi connectivity index (χ0n) is 13.1. The Morgan fingerprint density at radius 1 is 1.04 bits per heavy atom. The number of hydrogen-bond donors (Lipinski definition) is 0. The summed E-state index contributed by atoms with van der Waals surface area (Å²) in [5.74, 6) is 0.124. The summed E-state index contributed by atoms with van der Waals surface area (Å²) < 4.78 is 0. The minimum Gasteiger partial charge on any atom is -0.335 e. The minimum absolute atomic E-state index is 0.0588. The normalized spacial score (nSPS) is 21.0. The molecule has 0 aliphatic carbocycles. The number of hydrogen-bond acceptors (Lipinski definition) is 2. The molecule has 1 saturated heterocycles. The van der Waals surface area contributed by atoms with E-state index in [9.17, 15) is 9.59 Å². The number of benzene rings is 2. The van der Waals surface area contributed by atoms with Gasteiger partial charge in [-0.2, -0.15) is 0 Å². The van der Waals surface area contributed by atoms with E-state index in [2.05, 4.69) is 12.1 Å². The van der Waals surface area contributed by atoms with E-state index in [1.807, 2.05) is 53.4 Å². The van der Waals surface area contributed by atoms with Gasteiger partial charge >= 0.3 is 0 Å². The maximum absolute atomic E-state index is 12.8. The number of carbonyl (C=O) groups is 2. The van der Waals surface area contributed by atoms with Crippen LogP contribution in [0.3, 0.4) is 0 Å². The fourth-order valence-electron chi connectivity index (χ4n) is 3.30. The molecule has 3 nitrogen and oxygen atoms in total. The van der Waals surface area contributed by atoms with Gasteiger partial charge in [-0.1, -0.05) is 48.5 Å². The monoisotopic (exact) mass is 307 g/mol. The van der Waals surface area contributed by atoms with Gasteiger partial charge in [-0.25, -0.2) is 0 Å². The van der Waals surface area contributed by atoms with E-state index in [0.29, 0.717) is 6.54 Å². The molecule has 1 aliphatic heterocycles. The summed E-state index contributed by atoms with van der Waals surface area (Å²) in [6.45, 7) is 0.647. The summed E-state index contributed by atoms with van der Waals surface area (Å²) in [4.78, 5) is 26.0. The molecule has 3 rings (SSSR count). The first-order valence-electron chi connectivity index (χ1n) is 8.13. The van der Waals surface area contributed by atoms with Crippen LogP contribution < -0.4 is 0 Å². The van der Waals surface area contributed by atoms with Crippen LogP contribution in [0.25, 0.3) is 0 Å². The molecular weight excluding hydrogens is 286 g/mol. The Hall–Kier alpha value is -2.42. The summed E-state index contributed by atoms with van der Waals surface area (Å²) in [6.07, 6.45) is 3.34. The average molecular weight is 307 g/mol. The van der Waals surface area contributed by atoms with Crippen LogP contribution in [-0.2, 0) is 11.2 Å². The molecular formula is C20H21NO2. The Morgan fingerprint density at radius 2 is 1.70 bits per heavy atom. The topological polar surface area (TPSA) is 37.4 Å². The van der Waals surface area contributed by atoms with Crippen molar-refractivity contribution in [3.05, 3.63) is 71.8 Å². The molecule has 1 amide bonds. The van der Waals surface area contributed by atoms with Crippen molar-refractivity contribution in [3.8, 4) is 0 Å². The van der Waals surface area contributed by atoms with Crippen molar-refractivity contribution < 1.29 is 9.59 Å². The van der Waals surface area contributed by atoms with Gasteiger partial charge in [0, 0.05) is 24.1 Å². The Morgan fingerprint density at radius 3 is 2.35 bits per heavy atom. The van der Waals surface area contributed by atoms with E-state index in [1.165, 1.54) is 5.56 Å². The van der Waals surface area contributed by atoms with Gasteiger partial charge in [-0.15, -0.1) is 0 Å². The number of aldehydes is 1. The second kappa shape index (κ2) is 7.23. The standard InChI is InChI=1S/C20H21NO2/c22-15-17-11-12-21(20(23)18-9-5-2-6-10-18)19(14-17)13-16-7-3-1-4-8-16/h1-10,15,17,19H,11-14H2. The van der Waals surface area contributed by atoms with Gasteiger partial charge in [0.05, 0.1) is 0 Å². The first kappa shape index (κ1) is 15.5. The van der Waals surface area contributed by atoms with Crippen molar-refractivity contribution in [2.75, 3.05) is 6.54 Å². The third kappa shape index (κ3) is 3.67. The number of piperidine rings is 1. The van der Waals surface area contributed by atoms with Gasteiger partial charge in [0.1, 0.15) is 6.29 Å². The molecule has 0 bridgehead atoms. The smallest absolute Gasteiger partial charge is 0.254 e. The Bertz CT molecular complexity index is 654. The summed E-state index contributed by atoms with van der Waals surface area (Å²) >= 11 is 0. The van der Waals surface area contributed by atoms with Crippen LogP contribution in [0.4, 0.5) is 0 Å². The van der Waals surface area contributed by atoms with Crippen LogP contribution in [0, 0.1) is 5.92 Å². The van der Waals surface area contributed by atoms with Gasteiger partial charge in [0.15, 0.2) is 0 Å². The van der Waals surface area contributed by atoms with Crippen molar-refractivity contribution in [1.29, 1.82) is 0 Å². The quantitative estimate of drug-likeness (QED) is 0.812. The van der Waals surface area contributed by atoms with Crippen LogP contribution in [-0.4, -0.2) is 29.7 Å². The Kier molecular flexibility index (Phi) is 4.86. The highest BCUT2D eigenvalue weighted by Gasteiger charge is 2.31. The molecule has 0 aromatic heterocycles. The van der Waals surface area contributed by atoms with E-state index in [1.54, 1.807) is 0 Å². The van der Waals surface area contributed by atoms with Gasteiger partial charge in [0.25, 0.3) is 5.91 Å². The van der Waals surface area contributed by atoms with Gasteiger partial charge in [-0.3, -0.25) is 4.79 Å². The molecule has 0 N–H and O–H groups in total. The number of amides is 1. The van der Waals surface area contributed by atoms with Crippen molar-refractivity contribution >= 4 is 12.2 Å². The lowest BCUT2D eigenvalue weighted by Gasteiger charge is -2.38. The zero-order valence-corrected chi connectivity index (χ0v) is 13.1. The van der Waals surface area contributed by atoms with Gasteiger partial charge in [-0.05, 0) is 37.0 Å². The van der Waals surface area contributed by atoms with Crippen LogP contribution in [0.15, 0.2) is 60.7 Å². The predicted molar refractivity (Wildman–Crippen MR) is 90.2 cm³/mol. The highest BCUT2D eigenvalue weighted by atomic mass is 16.2. The Labute approximate surface area is 136 Å². The van der Waals surface area contributed by atoms with Crippen molar-refractivity contribution in [3.63, 3.8) is 0 Å². The van der Waals surface area contributed by atoms with E-state index in [4.69, 9.17) is 0 Å². The van der Waals surface area contributed by atoms with Crippen LogP contribution in [0.5, 0.6) is 0 Å². The van der Waals surface area contributed by atoms with Gasteiger partial charge in [0.2, 0.25) is 0 Å². The maximum Gasteiger partial charge on any atom is 0.254 e. The molecule has 1 fully saturated rings. The first-order valence-corrected chi connectivity index (χ1v) is 8.13. The van der Waals surface area contributed by atoms with E-state index >= 15 is 0 Å². The predicted octanol–water partition coefficient (Wildman–Crippen LogP) is 3.35. The Balaban J connectivity index is 1.81. The largest absolute Gasteiger partial charge is 0.335 e. The minimum atomic E-state index is 0.0588. The molecule has 0 spiro atoms. The molecule has 0 saturated carbocycles. The third-order valence-corrected chi connectivity index (χ3v) is 4.54. The fourth-order valence-corrected chi connectivity index (χ4v) is 3.30. The number of carbonyl (C=O) groups excluding carboxylic acids is 2. The molecule has 1 heterocycles. The highest BCUT2D eigenvalue weighted by Crippen LogP contribution is 2.26. The third-order valence-electron chi connectivity index (χ3n) is 4.54. The van der Waals surface area contributed by atoms with Crippen molar-refractivity contribution in [2.45, 2.75) is 25.3 Å². The molecule has 23 heavy (non-hydrogen) atoms. The number of nitrogens with zero attached hydrogens (tertiary/aromatic N) is 1. The van der Waals surface area contributed by atoms with E-state index < -0.39 is 0 Å². The molecule has 2 aromatic rings. The molecule has 0 radical (unpaired) electrons. The number of likely N-dealkylation sites (tertiary alicyclic amines) is 1. The summed E-state index contributed by atoms with van der Waals surface area (Å²) in [5, 5.41) is 0. The zero-order chi connectivity index (χ0) is 16.1. The maximum atomic E-state index is 12.8. The molecule has 2 aromatic carbocycles.